The number of carbonyl (C=O) groups excluding carboxylic acids is 3. The predicted molar refractivity (Wildman–Crippen MR) is 104 cm³/mol. The number of hydrogen-bond donors (Lipinski definition) is 1. The molecule has 1 atom stereocenters. The van der Waals surface area contributed by atoms with Gasteiger partial charge in [0.15, 0.2) is 0 Å². The van der Waals surface area contributed by atoms with Gasteiger partial charge in [0.25, 0.3) is 0 Å². The normalized spacial score (nSPS) is 12.0. The Hall–Kier alpha value is -2.57. The second-order valence-electron chi connectivity index (χ2n) is 7.49. The van der Waals surface area contributed by atoms with Crippen molar-refractivity contribution in [2.24, 2.45) is 5.92 Å². The van der Waals surface area contributed by atoms with Gasteiger partial charge in [0.2, 0.25) is 0 Å². The first kappa shape index (κ1) is 23.5. The van der Waals surface area contributed by atoms with Gasteiger partial charge in [-0.25, -0.2) is 4.79 Å². The molecule has 0 saturated heterocycles. The summed E-state index contributed by atoms with van der Waals surface area (Å²) in [4.78, 5) is 35.5. The largest absolute Gasteiger partial charge is 0.469 e. The maximum absolute atomic E-state index is 12.0. The number of hydrogen-bond acceptors (Lipinski definition) is 6. The Bertz CT molecular complexity index is 624. The molecule has 0 bridgehead atoms. The molecule has 1 N–H and O–H groups in total. The highest BCUT2D eigenvalue weighted by Gasteiger charge is 2.25. The quantitative estimate of drug-likeness (QED) is 0.371. The van der Waals surface area contributed by atoms with Gasteiger partial charge in [-0.2, -0.15) is 0 Å². The van der Waals surface area contributed by atoms with E-state index in [4.69, 9.17) is 14.2 Å². The van der Waals surface area contributed by atoms with Crippen molar-refractivity contribution in [3.8, 4) is 0 Å². The first-order valence-electron chi connectivity index (χ1n) is 9.45. The zero-order valence-corrected chi connectivity index (χ0v) is 17.2. The average Bonchev–Trinajstić information content (AvgIpc) is 2.63. The van der Waals surface area contributed by atoms with Crippen molar-refractivity contribution in [2.75, 3.05) is 13.7 Å². The number of carbonyl (C=O) groups is 3. The SMILES string of the molecule is COC(=O)[C@H](CCCCNC(=O)OCc1ccccc1)CC(=O)OC(C)(C)C. The number of methoxy groups -OCH3 is 1. The summed E-state index contributed by atoms with van der Waals surface area (Å²) in [5.74, 6) is -1.41. The Kier molecular flexibility index (Phi) is 10.1. The number of benzene rings is 1. The molecule has 0 aliphatic carbocycles. The Morgan fingerprint density at radius 2 is 1.75 bits per heavy atom. The zero-order chi connectivity index (χ0) is 21.0. The molecule has 7 heteroatoms. The minimum Gasteiger partial charge on any atom is -0.469 e. The van der Waals surface area contributed by atoms with E-state index >= 15 is 0 Å². The van der Waals surface area contributed by atoms with Crippen molar-refractivity contribution < 1.29 is 28.6 Å². The maximum Gasteiger partial charge on any atom is 0.407 e. The number of amides is 1. The van der Waals surface area contributed by atoms with Crippen molar-refractivity contribution in [3.05, 3.63) is 35.9 Å². The molecule has 28 heavy (non-hydrogen) atoms. The van der Waals surface area contributed by atoms with Crippen molar-refractivity contribution >= 4 is 18.0 Å². The van der Waals surface area contributed by atoms with E-state index in [1.807, 2.05) is 30.3 Å². The summed E-state index contributed by atoms with van der Waals surface area (Å²) in [7, 11) is 1.30. The molecule has 0 aromatic heterocycles. The minimum atomic E-state index is -0.595. The van der Waals surface area contributed by atoms with Gasteiger partial charge in [0, 0.05) is 6.54 Å². The van der Waals surface area contributed by atoms with Gasteiger partial charge in [-0.1, -0.05) is 36.8 Å². The summed E-state index contributed by atoms with van der Waals surface area (Å²) in [6.07, 6.45) is 1.29. The van der Waals surface area contributed by atoms with Gasteiger partial charge in [-0.15, -0.1) is 0 Å². The zero-order valence-electron chi connectivity index (χ0n) is 17.2. The van der Waals surface area contributed by atoms with Crippen molar-refractivity contribution in [1.82, 2.24) is 5.32 Å². The molecule has 0 heterocycles. The predicted octanol–water partition coefficient (Wildman–Crippen LogP) is 3.60. The van der Waals surface area contributed by atoms with Crippen LogP contribution in [-0.2, 0) is 30.4 Å². The summed E-state index contributed by atoms with van der Waals surface area (Å²) < 4.78 is 15.2. The molecule has 1 aromatic carbocycles. The number of nitrogens with one attached hydrogen (secondary N) is 1. The summed E-state index contributed by atoms with van der Waals surface area (Å²) in [6.45, 7) is 5.97. The van der Waals surface area contributed by atoms with Crippen LogP contribution in [0.1, 0.15) is 52.0 Å². The Balaban J connectivity index is 2.27. The van der Waals surface area contributed by atoms with Gasteiger partial charge in [-0.05, 0) is 39.2 Å². The average molecular weight is 393 g/mol. The highest BCUT2D eigenvalue weighted by atomic mass is 16.6. The van der Waals surface area contributed by atoms with Crippen LogP contribution in [0.25, 0.3) is 0 Å². The van der Waals surface area contributed by atoms with E-state index in [-0.39, 0.29) is 13.0 Å². The molecule has 0 saturated carbocycles. The fourth-order valence-corrected chi connectivity index (χ4v) is 2.53. The van der Waals surface area contributed by atoms with Crippen LogP contribution >= 0.6 is 0 Å². The van der Waals surface area contributed by atoms with Crippen LogP contribution in [0.4, 0.5) is 4.79 Å². The number of rotatable bonds is 10. The van der Waals surface area contributed by atoms with Crippen LogP contribution in [-0.4, -0.2) is 37.3 Å². The first-order valence-corrected chi connectivity index (χ1v) is 9.45. The lowest BCUT2D eigenvalue weighted by Gasteiger charge is -2.21. The Morgan fingerprint density at radius 1 is 1.07 bits per heavy atom. The van der Waals surface area contributed by atoms with Crippen molar-refractivity contribution in [1.29, 1.82) is 0 Å². The van der Waals surface area contributed by atoms with E-state index in [9.17, 15) is 14.4 Å². The van der Waals surface area contributed by atoms with Crippen LogP contribution in [0.15, 0.2) is 30.3 Å². The van der Waals surface area contributed by atoms with E-state index in [1.54, 1.807) is 20.8 Å². The molecule has 1 aromatic rings. The van der Waals surface area contributed by atoms with Crippen LogP contribution in [0.3, 0.4) is 0 Å². The van der Waals surface area contributed by atoms with E-state index in [0.717, 1.165) is 5.56 Å². The van der Waals surface area contributed by atoms with Crippen molar-refractivity contribution in [3.63, 3.8) is 0 Å². The van der Waals surface area contributed by atoms with Gasteiger partial charge < -0.3 is 19.5 Å². The molecular weight excluding hydrogens is 362 g/mol. The molecule has 0 aliphatic rings. The summed E-state index contributed by atoms with van der Waals surface area (Å²) in [5.41, 5.74) is 0.322. The summed E-state index contributed by atoms with van der Waals surface area (Å²) in [6, 6.07) is 9.42. The number of unbranched alkanes of at least 4 members (excludes halogenated alkanes) is 1. The lowest BCUT2D eigenvalue weighted by atomic mass is 9.98. The lowest BCUT2D eigenvalue weighted by molar-refractivity contribution is -0.160. The number of alkyl carbamates (subject to hydrolysis) is 1. The highest BCUT2D eigenvalue weighted by Crippen LogP contribution is 2.18. The van der Waals surface area contributed by atoms with Crippen molar-refractivity contribution in [2.45, 2.75) is 58.7 Å². The smallest absolute Gasteiger partial charge is 0.407 e. The van der Waals surface area contributed by atoms with Gasteiger partial charge in [-0.3, -0.25) is 9.59 Å². The lowest BCUT2D eigenvalue weighted by Crippen LogP contribution is -2.28. The maximum atomic E-state index is 12.0. The van der Waals surface area contributed by atoms with Crippen LogP contribution in [0, 0.1) is 5.92 Å². The molecule has 1 amide bonds. The second-order valence-corrected chi connectivity index (χ2v) is 7.49. The summed E-state index contributed by atoms with van der Waals surface area (Å²) in [5, 5.41) is 2.67. The monoisotopic (exact) mass is 393 g/mol. The second kappa shape index (κ2) is 12.0. The molecule has 156 valence electrons. The van der Waals surface area contributed by atoms with E-state index in [0.29, 0.717) is 25.8 Å². The molecule has 0 radical (unpaired) electrons. The topological polar surface area (TPSA) is 90.9 Å². The molecule has 0 unspecified atom stereocenters. The molecule has 0 spiro atoms. The minimum absolute atomic E-state index is 0.0174. The number of esters is 2. The molecular formula is C21H31NO6. The van der Waals surface area contributed by atoms with E-state index in [2.05, 4.69) is 5.32 Å². The van der Waals surface area contributed by atoms with Crippen LogP contribution in [0.5, 0.6) is 0 Å². The fraction of sp³-hybridized carbons (Fsp3) is 0.571. The highest BCUT2D eigenvalue weighted by molar-refractivity contribution is 5.80. The third-order valence-corrected chi connectivity index (χ3v) is 3.83. The third kappa shape index (κ3) is 10.5. The molecule has 7 nitrogen and oxygen atoms in total. The molecule has 1 rings (SSSR count). The van der Waals surface area contributed by atoms with Crippen LogP contribution < -0.4 is 5.32 Å². The van der Waals surface area contributed by atoms with E-state index in [1.165, 1.54) is 7.11 Å². The third-order valence-electron chi connectivity index (χ3n) is 3.83. The standard InChI is InChI=1S/C21H31NO6/c1-21(2,3)28-18(23)14-17(19(24)26-4)12-8-9-13-22-20(25)27-15-16-10-6-5-7-11-16/h5-7,10-11,17H,8-9,12-15H2,1-4H3,(H,22,25)/t17-/m1/s1. The fourth-order valence-electron chi connectivity index (χ4n) is 2.53. The van der Waals surface area contributed by atoms with E-state index < -0.39 is 29.6 Å². The summed E-state index contributed by atoms with van der Waals surface area (Å²) >= 11 is 0. The number of ether oxygens (including phenoxy) is 3. The van der Waals surface area contributed by atoms with Gasteiger partial charge in [0.1, 0.15) is 12.2 Å². The van der Waals surface area contributed by atoms with Gasteiger partial charge >= 0.3 is 18.0 Å². The molecule has 0 fully saturated rings. The Labute approximate surface area is 166 Å². The molecule has 0 aliphatic heterocycles. The Morgan fingerprint density at radius 3 is 2.36 bits per heavy atom. The van der Waals surface area contributed by atoms with Crippen LogP contribution in [0.2, 0.25) is 0 Å². The van der Waals surface area contributed by atoms with Gasteiger partial charge in [0.05, 0.1) is 19.4 Å². The first-order chi connectivity index (χ1) is 13.2.